The SMILES string of the molecule is CC.COc1ccc(CCCCC(=O)O)cc1. The van der Waals surface area contributed by atoms with E-state index in [0.29, 0.717) is 0 Å². The van der Waals surface area contributed by atoms with Gasteiger partial charge in [0, 0.05) is 6.42 Å². The van der Waals surface area contributed by atoms with Crippen LogP contribution in [0.25, 0.3) is 0 Å². The molecule has 1 aromatic carbocycles. The van der Waals surface area contributed by atoms with Gasteiger partial charge in [0.1, 0.15) is 5.75 Å². The second-order valence-electron chi connectivity index (χ2n) is 3.45. The Labute approximate surface area is 103 Å². The maximum absolute atomic E-state index is 10.3. The van der Waals surface area contributed by atoms with Crippen LogP contribution < -0.4 is 4.74 Å². The quantitative estimate of drug-likeness (QED) is 0.771. The molecule has 0 radical (unpaired) electrons. The summed E-state index contributed by atoms with van der Waals surface area (Å²) in [5, 5.41) is 8.46. The van der Waals surface area contributed by atoms with E-state index < -0.39 is 5.97 Å². The van der Waals surface area contributed by atoms with E-state index in [1.165, 1.54) is 5.56 Å². The number of ether oxygens (including phenoxy) is 1. The van der Waals surface area contributed by atoms with E-state index in [2.05, 4.69) is 0 Å². The molecule has 0 heterocycles. The van der Waals surface area contributed by atoms with Crippen molar-refractivity contribution in [2.24, 2.45) is 0 Å². The van der Waals surface area contributed by atoms with Crippen molar-refractivity contribution in [3.05, 3.63) is 29.8 Å². The lowest BCUT2D eigenvalue weighted by Gasteiger charge is -2.02. The van der Waals surface area contributed by atoms with Gasteiger partial charge < -0.3 is 9.84 Å². The molecule has 0 saturated carbocycles. The van der Waals surface area contributed by atoms with Crippen LogP contribution in [-0.4, -0.2) is 18.2 Å². The van der Waals surface area contributed by atoms with Gasteiger partial charge in [-0.15, -0.1) is 0 Å². The summed E-state index contributed by atoms with van der Waals surface area (Å²) in [6.07, 6.45) is 2.84. The predicted octanol–water partition coefficient (Wildman–Crippen LogP) is 3.52. The summed E-state index contributed by atoms with van der Waals surface area (Å²) in [4.78, 5) is 10.3. The smallest absolute Gasteiger partial charge is 0.303 e. The van der Waals surface area contributed by atoms with Crippen LogP contribution in [0, 0.1) is 0 Å². The van der Waals surface area contributed by atoms with Crippen LogP contribution in [0.1, 0.15) is 38.7 Å². The van der Waals surface area contributed by atoms with Crippen molar-refractivity contribution in [2.75, 3.05) is 7.11 Å². The van der Waals surface area contributed by atoms with E-state index in [1.54, 1.807) is 7.11 Å². The first-order valence-electron chi connectivity index (χ1n) is 6.07. The molecule has 0 aliphatic rings. The van der Waals surface area contributed by atoms with E-state index in [0.717, 1.165) is 25.0 Å². The third-order valence-corrected chi connectivity index (χ3v) is 2.27. The molecular formula is C14H22O3. The fourth-order valence-electron chi connectivity index (χ4n) is 1.40. The van der Waals surface area contributed by atoms with Crippen molar-refractivity contribution >= 4 is 5.97 Å². The van der Waals surface area contributed by atoms with Crippen LogP contribution in [0.15, 0.2) is 24.3 Å². The molecule has 0 amide bonds. The minimum absolute atomic E-state index is 0.260. The summed E-state index contributed by atoms with van der Waals surface area (Å²) in [6.45, 7) is 4.00. The lowest BCUT2D eigenvalue weighted by molar-refractivity contribution is -0.137. The first-order valence-corrected chi connectivity index (χ1v) is 6.07. The van der Waals surface area contributed by atoms with Gasteiger partial charge >= 0.3 is 5.97 Å². The number of hydrogen-bond acceptors (Lipinski definition) is 2. The molecule has 96 valence electrons. The highest BCUT2D eigenvalue weighted by Gasteiger charge is 1.98. The Morgan fingerprint density at radius 2 is 1.76 bits per heavy atom. The molecule has 0 unspecified atom stereocenters. The average Bonchev–Trinajstić information content (AvgIpc) is 2.37. The fourth-order valence-corrected chi connectivity index (χ4v) is 1.40. The molecule has 0 aliphatic heterocycles. The van der Waals surface area contributed by atoms with Crippen LogP contribution >= 0.6 is 0 Å². The first kappa shape index (κ1) is 15.5. The summed E-state index contributed by atoms with van der Waals surface area (Å²) in [5.41, 5.74) is 1.22. The van der Waals surface area contributed by atoms with Crippen molar-refractivity contribution in [3.63, 3.8) is 0 Å². The van der Waals surface area contributed by atoms with Gasteiger partial charge in [-0.3, -0.25) is 4.79 Å². The topological polar surface area (TPSA) is 46.5 Å². The van der Waals surface area contributed by atoms with Crippen LogP contribution in [0.3, 0.4) is 0 Å². The monoisotopic (exact) mass is 238 g/mol. The molecule has 0 aromatic heterocycles. The molecule has 1 N–H and O–H groups in total. The molecule has 0 atom stereocenters. The number of carbonyl (C=O) groups is 1. The predicted molar refractivity (Wildman–Crippen MR) is 69.5 cm³/mol. The standard InChI is InChI=1S/C12H16O3.C2H6/c1-15-11-8-6-10(7-9-11)4-2-3-5-12(13)14;1-2/h6-9H,2-5H2,1H3,(H,13,14);1-2H3. The molecular weight excluding hydrogens is 216 g/mol. The number of rotatable bonds is 6. The number of hydrogen-bond donors (Lipinski definition) is 1. The summed E-state index contributed by atoms with van der Waals surface area (Å²) in [7, 11) is 1.64. The summed E-state index contributed by atoms with van der Waals surface area (Å²) in [6, 6.07) is 7.87. The Morgan fingerprint density at radius 3 is 2.24 bits per heavy atom. The molecule has 0 bridgehead atoms. The summed E-state index contributed by atoms with van der Waals surface area (Å²) in [5.74, 6) is 0.133. The Morgan fingerprint density at radius 1 is 1.18 bits per heavy atom. The van der Waals surface area contributed by atoms with Gasteiger partial charge in [0.05, 0.1) is 7.11 Å². The zero-order valence-corrected chi connectivity index (χ0v) is 10.9. The van der Waals surface area contributed by atoms with Gasteiger partial charge in [-0.1, -0.05) is 26.0 Å². The van der Waals surface area contributed by atoms with Gasteiger partial charge in [0.2, 0.25) is 0 Å². The zero-order valence-electron chi connectivity index (χ0n) is 10.9. The summed E-state index contributed by atoms with van der Waals surface area (Å²) >= 11 is 0. The van der Waals surface area contributed by atoms with E-state index in [1.807, 2.05) is 38.1 Å². The van der Waals surface area contributed by atoms with E-state index in [-0.39, 0.29) is 6.42 Å². The van der Waals surface area contributed by atoms with Gasteiger partial charge in [0.15, 0.2) is 0 Å². The molecule has 1 aromatic rings. The normalized spacial score (nSPS) is 9.12. The Bertz CT molecular complexity index is 304. The number of benzene rings is 1. The minimum Gasteiger partial charge on any atom is -0.497 e. The lowest BCUT2D eigenvalue weighted by Crippen LogP contribution is -1.94. The van der Waals surface area contributed by atoms with E-state index in [9.17, 15) is 4.79 Å². The van der Waals surface area contributed by atoms with Gasteiger partial charge in [-0.2, -0.15) is 0 Å². The largest absolute Gasteiger partial charge is 0.497 e. The molecule has 17 heavy (non-hydrogen) atoms. The number of carboxylic acid groups (broad SMARTS) is 1. The van der Waals surface area contributed by atoms with Crippen molar-refractivity contribution in [1.29, 1.82) is 0 Å². The third-order valence-electron chi connectivity index (χ3n) is 2.27. The van der Waals surface area contributed by atoms with Crippen LogP contribution in [-0.2, 0) is 11.2 Å². The molecule has 3 heteroatoms. The maximum atomic E-state index is 10.3. The Hall–Kier alpha value is -1.51. The lowest BCUT2D eigenvalue weighted by atomic mass is 10.1. The van der Waals surface area contributed by atoms with Gasteiger partial charge in [0.25, 0.3) is 0 Å². The van der Waals surface area contributed by atoms with Crippen molar-refractivity contribution in [1.82, 2.24) is 0 Å². The third kappa shape index (κ3) is 7.39. The first-order chi connectivity index (χ1) is 8.22. The van der Waals surface area contributed by atoms with Crippen LogP contribution in [0.5, 0.6) is 5.75 Å². The van der Waals surface area contributed by atoms with E-state index >= 15 is 0 Å². The highest BCUT2D eigenvalue weighted by atomic mass is 16.5. The summed E-state index contributed by atoms with van der Waals surface area (Å²) < 4.78 is 5.05. The van der Waals surface area contributed by atoms with Crippen molar-refractivity contribution < 1.29 is 14.6 Å². The highest BCUT2D eigenvalue weighted by molar-refractivity contribution is 5.66. The number of aliphatic carboxylic acids is 1. The fraction of sp³-hybridized carbons (Fsp3) is 0.500. The van der Waals surface area contributed by atoms with Crippen molar-refractivity contribution in [3.8, 4) is 5.75 Å². The number of unbranched alkanes of at least 4 members (excludes halogenated alkanes) is 1. The van der Waals surface area contributed by atoms with Gasteiger partial charge in [-0.05, 0) is 37.0 Å². The number of aryl methyl sites for hydroxylation is 1. The average molecular weight is 238 g/mol. The molecule has 0 fully saturated rings. The zero-order chi connectivity index (χ0) is 13.1. The second kappa shape index (κ2) is 9.70. The Kier molecular flexibility index (Phi) is 8.84. The van der Waals surface area contributed by atoms with Crippen LogP contribution in [0.2, 0.25) is 0 Å². The maximum Gasteiger partial charge on any atom is 0.303 e. The molecule has 1 rings (SSSR count). The molecule has 3 nitrogen and oxygen atoms in total. The number of methoxy groups -OCH3 is 1. The van der Waals surface area contributed by atoms with Crippen molar-refractivity contribution in [2.45, 2.75) is 39.5 Å². The molecule has 0 saturated heterocycles. The highest BCUT2D eigenvalue weighted by Crippen LogP contribution is 2.13. The van der Waals surface area contributed by atoms with Crippen LogP contribution in [0.4, 0.5) is 0 Å². The minimum atomic E-state index is -0.718. The number of carboxylic acids is 1. The van der Waals surface area contributed by atoms with Gasteiger partial charge in [-0.25, -0.2) is 0 Å². The molecule has 0 aliphatic carbocycles. The van der Waals surface area contributed by atoms with E-state index in [4.69, 9.17) is 9.84 Å². The Balaban J connectivity index is 0.00000121. The molecule has 0 spiro atoms. The second-order valence-corrected chi connectivity index (χ2v) is 3.45.